The first kappa shape index (κ1) is 24.4. The Morgan fingerprint density at radius 2 is 1.76 bits per heavy atom. The lowest BCUT2D eigenvalue weighted by Crippen LogP contribution is -2.43. The van der Waals surface area contributed by atoms with Crippen LogP contribution in [0.15, 0.2) is 48.5 Å². The summed E-state index contributed by atoms with van der Waals surface area (Å²) in [7, 11) is 0. The van der Waals surface area contributed by atoms with E-state index in [2.05, 4.69) is 10.7 Å². The molecule has 1 saturated heterocycles. The molecule has 0 bridgehead atoms. The fraction of sp³-hybridized carbons (Fsp3) is 0.292. The SMILES string of the molecule is CCOC(=O)c1ccc(NC(=O)COC(=O)[C@H]2CC(=O)N(NC(=O)c3cccc(C)c3)C2)cc1. The molecule has 2 aromatic rings. The Morgan fingerprint density at radius 3 is 2.44 bits per heavy atom. The van der Waals surface area contributed by atoms with Gasteiger partial charge in [-0.15, -0.1) is 0 Å². The molecule has 1 heterocycles. The van der Waals surface area contributed by atoms with E-state index in [1.54, 1.807) is 25.1 Å². The van der Waals surface area contributed by atoms with Crippen LogP contribution in [0.4, 0.5) is 5.69 Å². The summed E-state index contributed by atoms with van der Waals surface area (Å²) in [5.41, 5.74) is 4.55. The minimum atomic E-state index is -0.804. The van der Waals surface area contributed by atoms with Gasteiger partial charge in [0.15, 0.2) is 6.61 Å². The summed E-state index contributed by atoms with van der Waals surface area (Å²) in [4.78, 5) is 60.6. The molecule has 1 aliphatic heterocycles. The number of rotatable bonds is 8. The van der Waals surface area contributed by atoms with Crippen molar-refractivity contribution in [3.8, 4) is 0 Å². The summed E-state index contributed by atoms with van der Waals surface area (Å²) in [6.45, 7) is 3.21. The van der Waals surface area contributed by atoms with Crippen molar-refractivity contribution in [3.05, 3.63) is 65.2 Å². The van der Waals surface area contributed by atoms with Crippen LogP contribution in [0.5, 0.6) is 0 Å². The van der Waals surface area contributed by atoms with Crippen LogP contribution in [0.2, 0.25) is 0 Å². The van der Waals surface area contributed by atoms with Crippen molar-refractivity contribution in [3.63, 3.8) is 0 Å². The Hall–Kier alpha value is -4.21. The smallest absolute Gasteiger partial charge is 0.338 e. The van der Waals surface area contributed by atoms with Crippen LogP contribution in [0, 0.1) is 12.8 Å². The van der Waals surface area contributed by atoms with Gasteiger partial charge >= 0.3 is 11.9 Å². The topological polar surface area (TPSA) is 131 Å². The molecule has 1 atom stereocenters. The van der Waals surface area contributed by atoms with E-state index < -0.39 is 42.2 Å². The average Bonchev–Trinajstić information content (AvgIpc) is 3.18. The summed E-state index contributed by atoms with van der Waals surface area (Å²) < 4.78 is 9.93. The fourth-order valence-corrected chi connectivity index (χ4v) is 3.30. The predicted molar refractivity (Wildman–Crippen MR) is 120 cm³/mol. The fourth-order valence-electron chi connectivity index (χ4n) is 3.30. The summed E-state index contributed by atoms with van der Waals surface area (Å²) in [5, 5.41) is 3.63. The number of benzene rings is 2. The van der Waals surface area contributed by atoms with E-state index in [-0.39, 0.29) is 19.6 Å². The molecule has 10 heteroatoms. The van der Waals surface area contributed by atoms with Crippen LogP contribution in [-0.2, 0) is 23.9 Å². The average molecular weight is 467 g/mol. The Balaban J connectivity index is 1.45. The molecule has 10 nitrogen and oxygen atoms in total. The molecule has 0 radical (unpaired) electrons. The monoisotopic (exact) mass is 467 g/mol. The van der Waals surface area contributed by atoms with Gasteiger partial charge in [-0.3, -0.25) is 29.6 Å². The van der Waals surface area contributed by atoms with Gasteiger partial charge in [0.05, 0.1) is 24.6 Å². The molecule has 3 rings (SSSR count). The number of esters is 2. The van der Waals surface area contributed by atoms with Crippen molar-refractivity contribution in [2.24, 2.45) is 5.92 Å². The molecule has 34 heavy (non-hydrogen) atoms. The van der Waals surface area contributed by atoms with E-state index >= 15 is 0 Å². The molecule has 1 fully saturated rings. The molecule has 0 saturated carbocycles. The molecule has 0 aliphatic carbocycles. The highest BCUT2D eigenvalue weighted by Crippen LogP contribution is 2.18. The number of anilines is 1. The predicted octanol–water partition coefficient (Wildman–Crippen LogP) is 1.85. The van der Waals surface area contributed by atoms with Crippen molar-refractivity contribution in [1.82, 2.24) is 10.4 Å². The number of amides is 3. The molecule has 0 spiro atoms. The number of carbonyl (C=O) groups is 5. The molecule has 0 unspecified atom stereocenters. The van der Waals surface area contributed by atoms with Crippen LogP contribution >= 0.6 is 0 Å². The van der Waals surface area contributed by atoms with Gasteiger partial charge in [-0.1, -0.05) is 17.7 Å². The molecular formula is C24H25N3O7. The number of nitrogens with one attached hydrogen (secondary N) is 2. The van der Waals surface area contributed by atoms with E-state index in [9.17, 15) is 24.0 Å². The number of hydrogen-bond acceptors (Lipinski definition) is 7. The third kappa shape index (κ3) is 6.41. The van der Waals surface area contributed by atoms with Gasteiger partial charge in [-0.25, -0.2) is 4.79 Å². The second-order valence-corrected chi connectivity index (χ2v) is 7.67. The first-order chi connectivity index (χ1) is 16.3. The standard InChI is InChI=1S/C24H25N3O7/c1-3-33-23(31)16-7-9-19(10-8-16)25-20(28)14-34-24(32)18-12-21(29)27(13-18)26-22(30)17-6-4-5-15(2)11-17/h4-11,18H,3,12-14H2,1-2H3,(H,25,28)(H,26,30)/t18-/m0/s1. The number of hydrogen-bond donors (Lipinski definition) is 2. The first-order valence-corrected chi connectivity index (χ1v) is 10.7. The molecule has 2 aromatic carbocycles. The second-order valence-electron chi connectivity index (χ2n) is 7.67. The number of ether oxygens (including phenoxy) is 2. The Kier molecular flexibility index (Phi) is 7.96. The third-order valence-electron chi connectivity index (χ3n) is 5.00. The Bertz CT molecular complexity index is 1100. The lowest BCUT2D eigenvalue weighted by molar-refractivity contribution is -0.151. The van der Waals surface area contributed by atoms with Crippen molar-refractivity contribution < 1.29 is 33.4 Å². The molecule has 178 valence electrons. The zero-order chi connectivity index (χ0) is 24.7. The van der Waals surface area contributed by atoms with Crippen molar-refractivity contribution >= 4 is 35.3 Å². The van der Waals surface area contributed by atoms with E-state index in [1.165, 1.54) is 24.3 Å². The lowest BCUT2D eigenvalue weighted by atomic mass is 10.1. The van der Waals surface area contributed by atoms with E-state index in [0.717, 1.165) is 10.6 Å². The highest BCUT2D eigenvalue weighted by molar-refractivity contribution is 5.97. The van der Waals surface area contributed by atoms with E-state index in [1.807, 2.05) is 13.0 Å². The summed E-state index contributed by atoms with van der Waals surface area (Å²) in [6, 6.07) is 12.9. The molecule has 0 aromatic heterocycles. The number of aryl methyl sites for hydroxylation is 1. The highest BCUT2D eigenvalue weighted by atomic mass is 16.5. The maximum absolute atomic E-state index is 12.4. The number of carbonyl (C=O) groups excluding carboxylic acids is 5. The maximum Gasteiger partial charge on any atom is 0.338 e. The quantitative estimate of drug-likeness (QED) is 0.567. The van der Waals surface area contributed by atoms with Gasteiger partial charge in [0.25, 0.3) is 11.8 Å². The highest BCUT2D eigenvalue weighted by Gasteiger charge is 2.36. The third-order valence-corrected chi connectivity index (χ3v) is 5.00. The van der Waals surface area contributed by atoms with Crippen molar-refractivity contribution in [1.29, 1.82) is 0 Å². The van der Waals surface area contributed by atoms with Gasteiger partial charge in [0.1, 0.15) is 0 Å². The Labute approximate surface area is 196 Å². The van der Waals surface area contributed by atoms with Gasteiger partial charge in [0, 0.05) is 17.7 Å². The van der Waals surface area contributed by atoms with E-state index in [0.29, 0.717) is 16.8 Å². The minimum absolute atomic E-state index is 0.0494. The van der Waals surface area contributed by atoms with Crippen LogP contribution in [0.1, 0.15) is 39.6 Å². The van der Waals surface area contributed by atoms with Gasteiger partial charge in [-0.2, -0.15) is 0 Å². The second kappa shape index (κ2) is 11.1. The van der Waals surface area contributed by atoms with Crippen molar-refractivity contribution in [2.75, 3.05) is 25.1 Å². The minimum Gasteiger partial charge on any atom is -0.462 e. The summed E-state index contributed by atoms with van der Waals surface area (Å²) in [6.07, 6.45) is -0.135. The normalized spacial score (nSPS) is 14.9. The molecule has 3 amide bonds. The van der Waals surface area contributed by atoms with Gasteiger partial charge in [-0.05, 0) is 50.2 Å². The number of nitrogens with zero attached hydrogens (tertiary/aromatic N) is 1. The number of hydrazine groups is 1. The Morgan fingerprint density at radius 1 is 1.03 bits per heavy atom. The molecule has 2 N–H and O–H groups in total. The zero-order valence-corrected chi connectivity index (χ0v) is 18.8. The first-order valence-electron chi connectivity index (χ1n) is 10.7. The summed E-state index contributed by atoms with van der Waals surface area (Å²) >= 11 is 0. The van der Waals surface area contributed by atoms with Crippen LogP contribution in [0.25, 0.3) is 0 Å². The largest absolute Gasteiger partial charge is 0.462 e. The van der Waals surface area contributed by atoms with Crippen LogP contribution < -0.4 is 10.7 Å². The lowest BCUT2D eigenvalue weighted by Gasteiger charge is -2.17. The maximum atomic E-state index is 12.4. The summed E-state index contributed by atoms with van der Waals surface area (Å²) in [5.74, 6) is -3.44. The van der Waals surface area contributed by atoms with Gasteiger partial charge in [0.2, 0.25) is 5.91 Å². The zero-order valence-electron chi connectivity index (χ0n) is 18.8. The van der Waals surface area contributed by atoms with Gasteiger partial charge < -0.3 is 14.8 Å². The molecular weight excluding hydrogens is 442 g/mol. The molecule has 1 aliphatic rings. The van der Waals surface area contributed by atoms with E-state index in [4.69, 9.17) is 9.47 Å². The van der Waals surface area contributed by atoms with Crippen molar-refractivity contribution in [2.45, 2.75) is 20.3 Å². The van der Waals surface area contributed by atoms with Crippen LogP contribution in [0.3, 0.4) is 0 Å². The van der Waals surface area contributed by atoms with Crippen LogP contribution in [-0.4, -0.2) is 54.4 Å².